The Labute approximate surface area is 108 Å². The highest BCUT2D eigenvalue weighted by Crippen LogP contribution is 2.26. The Morgan fingerprint density at radius 2 is 2.00 bits per heavy atom. The van der Waals surface area contributed by atoms with E-state index in [2.05, 4.69) is 52.3 Å². The van der Waals surface area contributed by atoms with E-state index in [1.807, 2.05) is 6.92 Å². The van der Waals surface area contributed by atoms with Gasteiger partial charge in [0.2, 0.25) is 5.95 Å². The van der Waals surface area contributed by atoms with Crippen LogP contribution in [-0.4, -0.2) is 15.6 Å². The molecule has 0 atom stereocenters. The summed E-state index contributed by atoms with van der Waals surface area (Å²) in [4.78, 5) is 4.56. The summed E-state index contributed by atoms with van der Waals surface area (Å²) in [6, 6.07) is 9.33. The number of imidazole rings is 1. The van der Waals surface area contributed by atoms with Crippen LogP contribution in [0.15, 0.2) is 30.5 Å². The lowest BCUT2D eigenvalue weighted by atomic mass is 10.1. The summed E-state index contributed by atoms with van der Waals surface area (Å²) < 4.78 is 2.15. The molecule has 0 aliphatic heterocycles. The van der Waals surface area contributed by atoms with E-state index >= 15 is 0 Å². The van der Waals surface area contributed by atoms with Crippen molar-refractivity contribution in [3.63, 3.8) is 0 Å². The molecule has 0 radical (unpaired) electrons. The Balaban J connectivity index is 1.93. The second-order valence-electron chi connectivity index (χ2n) is 5.01. The minimum Gasteiger partial charge on any atom is -0.353 e. The number of hydrogen-bond donors (Lipinski definition) is 1. The van der Waals surface area contributed by atoms with E-state index in [-0.39, 0.29) is 0 Å². The molecule has 3 nitrogen and oxygen atoms in total. The molecule has 0 unspecified atom stereocenters. The van der Waals surface area contributed by atoms with Crippen molar-refractivity contribution in [2.24, 2.45) is 0 Å². The highest BCUT2D eigenvalue weighted by molar-refractivity contribution is 5.45. The molecule has 3 rings (SSSR count). The molecule has 1 N–H and O–H groups in total. The molecule has 0 saturated heterocycles. The van der Waals surface area contributed by atoms with Crippen molar-refractivity contribution in [2.45, 2.75) is 39.2 Å². The predicted octanol–water partition coefficient (Wildman–Crippen LogP) is 3.32. The molecule has 18 heavy (non-hydrogen) atoms. The Kier molecular flexibility index (Phi) is 2.82. The van der Waals surface area contributed by atoms with E-state index in [9.17, 15) is 0 Å². The van der Waals surface area contributed by atoms with E-state index in [4.69, 9.17) is 0 Å². The third kappa shape index (κ3) is 2.26. The van der Waals surface area contributed by atoms with Crippen molar-refractivity contribution >= 4 is 5.95 Å². The van der Waals surface area contributed by atoms with Gasteiger partial charge in [0, 0.05) is 17.9 Å². The number of nitrogens with one attached hydrogen (secondary N) is 1. The van der Waals surface area contributed by atoms with Gasteiger partial charge in [-0.25, -0.2) is 4.98 Å². The average molecular weight is 241 g/mol. The summed E-state index contributed by atoms with van der Waals surface area (Å²) in [5, 5.41) is 3.48. The smallest absolute Gasteiger partial charge is 0.207 e. The number of aromatic nitrogens is 2. The normalized spacial score (nSPS) is 14.8. The molecule has 1 saturated carbocycles. The Bertz CT molecular complexity index is 535. The molecule has 1 aromatic carbocycles. The van der Waals surface area contributed by atoms with Crippen LogP contribution in [0.3, 0.4) is 0 Å². The van der Waals surface area contributed by atoms with Gasteiger partial charge >= 0.3 is 0 Å². The summed E-state index contributed by atoms with van der Waals surface area (Å²) in [7, 11) is 0. The third-order valence-electron chi connectivity index (χ3n) is 3.36. The van der Waals surface area contributed by atoms with E-state index in [0.29, 0.717) is 6.04 Å². The number of nitrogens with zero attached hydrogens (tertiary/aromatic N) is 2. The Morgan fingerprint density at radius 3 is 2.61 bits per heavy atom. The van der Waals surface area contributed by atoms with Crippen molar-refractivity contribution in [1.82, 2.24) is 9.55 Å². The second kappa shape index (κ2) is 4.48. The van der Waals surface area contributed by atoms with Gasteiger partial charge in [0.05, 0.1) is 5.69 Å². The molecule has 1 aliphatic carbocycles. The summed E-state index contributed by atoms with van der Waals surface area (Å²) in [5.74, 6) is 0.972. The number of aryl methyl sites for hydroxylation is 2. The van der Waals surface area contributed by atoms with Crippen molar-refractivity contribution in [2.75, 3.05) is 5.32 Å². The minimum absolute atomic E-state index is 0.625. The first-order valence-electron chi connectivity index (χ1n) is 6.68. The monoisotopic (exact) mass is 241 g/mol. The van der Waals surface area contributed by atoms with Crippen LogP contribution >= 0.6 is 0 Å². The fourth-order valence-electron chi connectivity index (χ4n) is 2.10. The largest absolute Gasteiger partial charge is 0.353 e. The molecule has 0 spiro atoms. The summed E-state index contributed by atoms with van der Waals surface area (Å²) >= 11 is 0. The van der Waals surface area contributed by atoms with Crippen LogP contribution < -0.4 is 5.32 Å². The van der Waals surface area contributed by atoms with Crippen LogP contribution in [0.5, 0.6) is 0 Å². The van der Waals surface area contributed by atoms with Gasteiger partial charge in [-0.1, -0.05) is 19.1 Å². The number of rotatable bonds is 4. The fourth-order valence-corrected chi connectivity index (χ4v) is 2.10. The van der Waals surface area contributed by atoms with Crippen LogP contribution in [0.1, 0.15) is 31.0 Å². The van der Waals surface area contributed by atoms with Crippen molar-refractivity contribution < 1.29 is 0 Å². The highest BCUT2D eigenvalue weighted by atomic mass is 15.2. The van der Waals surface area contributed by atoms with Crippen LogP contribution in [-0.2, 0) is 6.42 Å². The predicted molar refractivity (Wildman–Crippen MR) is 74.3 cm³/mol. The van der Waals surface area contributed by atoms with Crippen molar-refractivity contribution in [1.29, 1.82) is 0 Å². The SMILES string of the molecule is CCc1ccc(-n2cc(C)nc2NC2CC2)cc1. The van der Waals surface area contributed by atoms with E-state index in [1.165, 1.54) is 24.1 Å². The lowest BCUT2D eigenvalue weighted by Gasteiger charge is -2.09. The standard InChI is InChI=1S/C15H19N3/c1-3-12-4-8-14(9-5-12)18-10-11(2)16-15(18)17-13-6-7-13/h4-5,8-10,13H,3,6-7H2,1-2H3,(H,16,17). The van der Waals surface area contributed by atoms with Crippen LogP contribution in [0.2, 0.25) is 0 Å². The molecule has 94 valence electrons. The Morgan fingerprint density at radius 1 is 1.28 bits per heavy atom. The van der Waals surface area contributed by atoms with Crippen molar-refractivity contribution in [3.05, 3.63) is 41.7 Å². The van der Waals surface area contributed by atoms with Gasteiger partial charge in [-0.2, -0.15) is 0 Å². The first-order valence-corrected chi connectivity index (χ1v) is 6.68. The average Bonchev–Trinajstić information content (AvgIpc) is 3.12. The minimum atomic E-state index is 0.625. The quantitative estimate of drug-likeness (QED) is 0.890. The maximum absolute atomic E-state index is 4.56. The summed E-state index contributed by atoms with van der Waals surface area (Å²) in [6.45, 7) is 4.21. The summed E-state index contributed by atoms with van der Waals surface area (Å²) in [6.07, 6.45) is 5.70. The highest BCUT2D eigenvalue weighted by Gasteiger charge is 2.23. The first-order chi connectivity index (χ1) is 8.76. The maximum atomic E-state index is 4.56. The fraction of sp³-hybridized carbons (Fsp3) is 0.400. The molecule has 3 heteroatoms. The van der Waals surface area contributed by atoms with E-state index in [0.717, 1.165) is 18.1 Å². The van der Waals surface area contributed by atoms with Gasteiger partial charge in [0.1, 0.15) is 0 Å². The lowest BCUT2D eigenvalue weighted by molar-refractivity contribution is 0.999. The van der Waals surface area contributed by atoms with Crippen LogP contribution in [0.25, 0.3) is 5.69 Å². The van der Waals surface area contributed by atoms with E-state index in [1.54, 1.807) is 0 Å². The molecule has 0 bridgehead atoms. The van der Waals surface area contributed by atoms with Crippen LogP contribution in [0.4, 0.5) is 5.95 Å². The molecular weight excluding hydrogens is 222 g/mol. The second-order valence-corrected chi connectivity index (χ2v) is 5.01. The third-order valence-corrected chi connectivity index (χ3v) is 3.36. The lowest BCUT2D eigenvalue weighted by Crippen LogP contribution is -2.07. The molecule has 1 heterocycles. The van der Waals surface area contributed by atoms with Crippen molar-refractivity contribution in [3.8, 4) is 5.69 Å². The van der Waals surface area contributed by atoms with Gasteiger partial charge in [-0.15, -0.1) is 0 Å². The zero-order valence-electron chi connectivity index (χ0n) is 11.0. The molecule has 1 aliphatic rings. The van der Waals surface area contributed by atoms with Gasteiger partial charge in [0.25, 0.3) is 0 Å². The zero-order chi connectivity index (χ0) is 12.5. The summed E-state index contributed by atoms with van der Waals surface area (Å²) in [5.41, 5.74) is 3.60. The zero-order valence-corrected chi connectivity index (χ0v) is 11.0. The van der Waals surface area contributed by atoms with Gasteiger partial charge in [0.15, 0.2) is 0 Å². The number of hydrogen-bond acceptors (Lipinski definition) is 2. The molecule has 1 fully saturated rings. The van der Waals surface area contributed by atoms with E-state index < -0.39 is 0 Å². The maximum Gasteiger partial charge on any atom is 0.207 e. The molecular formula is C15H19N3. The molecule has 2 aromatic rings. The Hall–Kier alpha value is -1.77. The topological polar surface area (TPSA) is 29.9 Å². The number of anilines is 1. The van der Waals surface area contributed by atoms with Gasteiger partial charge in [-0.3, -0.25) is 4.57 Å². The van der Waals surface area contributed by atoms with Crippen LogP contribution in [0, 0.1) is 6.92 Å². The first kappa shape index (κ1) is 11.3. The number of benzene rings is 1. The molecule has 1 aromatic heterocycles. The van der Waals surface area contributed by atoms with Gasteiger partial charge < -0.3 is 5.32 Å². The molecule has 0 amide bonds. The van der Waals surface area contributed by atoms with Gasteiger partial charge in [-0.05, 0) is 43.9 Å².